The van der Waals surface area contributed by atoms with Crippen molar-refractivity contribution in [1.82, 2.24) is 9.55 Å². The second kappa shape index (κ2) is 5.96. The minimum absolute atomic E-state index is 0.183. The molecule has 2 heterocycles. The number of aromatic nitrogens is 2. The van der Waals surface area contributed by atoms with Gasteiger partial charge in [0.2, 0.25) is 0 Å². The quantitative estimate of drug-likeness (QED) is 0.601. The average molecular weight is 318 g/mol. The summed E-state index contributed by atoms with van der Waals surface area (Å²) in [5, 5.41) is 8.42. The van der Waals surface area contributed by atoms with Gasteiger partial charge in [-0.3, -0.25) is 9.59 Å². The summed E-state index contributed by atoms with van der Waals surface area (Å²) in [5.74, 6) is -1.07. The van der Waals surface area contributed by atoms with Gasteiger partial charge in [-0.25, -0.2) is 8.42 Å². The first kappa shape index (κ1) is 15.0. The Morgan fingerprint density at radius 1 is 1.55 bits per heavy atom. The van der Waals surface area contributed by atoms with E-state index in [1.165, 1.54) is 12.3 Å². The van der Waals surface area contributed by atoms with Crippen molar-refractivity contribution in [2.45, 2.75) is 29.8 Å². The third-order valence-corrected chi connectivity index (χ3v) is 6.27. The minimum Gasteiger partial charge on any atom is -0.481 e. The molecule has 1 aromatic heterocycles. The Morgan fingerprint density at radius 3 is 2.90 bits per heavy atom. The number of carboxylic acid groups (broad SMARTS) is 1. The molecule has 0 amide bonds. The minimum atomic E-state index is -3.10. The second-order valence-electron chi connectivity index (χ2n) is 4.51. The van der Waals surface area contributed by atoms with Crippen LogP contribution in [0.25, 0.3) is 0 Å². The van der Waals surface area contributed by atoms with Gasteiger partial charge in [0.1, 0.15) is 0 Å². The predicted octanol–water partition coefficient (Wildman–Crippen LogP) is -0.00280. The van der Waals surface area contributed by atoms with Crippen LogP contribution in [0.15, 0.2) is 22.2 Å². The SMILES string of the molecule is O=C(O)CSc1nc(=O)ccn1CC1CCCS1(=O)=O. The van der Waals surface area contributed by atoms with E-state index >= 15 is 0 Å². The molecule has 1 aliphatic heterocycles. The number of hydrogen-bond donors (Lipinski definition) is 1. The van der Waals surface area contributed by atoms with Gasteiger partial charge in [-0.15, -0.1) is 0 Å². The van der Waals surface area contributed by atoms with Crippen LogP contribution in [0.2, 0.25) is 0 Å². The van der Waals surface area contributed by atoms with Gasteiger partial charge in [-0.05, 0) is 12.8 Å². The van der Waals surface area contributed by atoms with Crippen LogP contribution in [-0.4, -0.2) is 45.8 Å². The summed E-state index contributed by atoms with van der Waals surface area (Å²) in [6.07, 6.45) is 2.68. The average Bonchev–Trinajstić information content (AvgIpc) is 2.69. The highest BCUT2D eigenvalue weighted by atomic mass is 32.2. The summed E-state index contributed by atoms with van der Waals surface area (Å²) >= 11 is 0.910. The van der Waals surface area contributed by atoms with Crippen molar-refractivity contribution in [3.63, 3.8) is 0 Å². The Morgan fingerprint density at radius 2 is 2.30 bits per heavy atom. The molecule has 110 valence electrons. The number of carboxylic acids is 1. The third kappa shape index (κ3) is 3.60. The van der Waals surface area contributed by atoms with E-state index in [4.69, 9.17) is 5.11 Å². The van der Waals surface area contributed by atoms with Crippen molar-refractivity contribution >= 4 is 27.6 Å². The Labute approximate surface area is 119 Å². The molecule has 0 saturated carbocycles. The summed E-state index contributed by atoms with van der Waals surface area (Å²) in [6, 6.07) is 1.24. The van der Waals surface area contributed by atoms with Gasteiger partial charge in [0, 0.05) is 18.8 Å². The van der Waals surface area contributed by atoms with Gasteiger partial charge in [-0.1, -0.05) is 11.8 Å². The standard InChI is InChI=1S/C11H14N2O5S2/c14-9-3-4-13(11(12-9)19-7-10(15)16)6-8-2-1-5-20(8,17)18/h3-4,8H,1-2,5-7H2,(H,15,16). The molecule has 1 fully saturated rings. The lowest BCUT2D eigenvalue weighted by Crippen LogP contribution is -2.25. The zero-order valence-corrected chi connectivity index (χ0v) is 12.2. The molecule has 0 bridgehead atoms. The van der Waals surface area contributed by atoms with E-state index in [0.717, 1.165) is 11.8 Å². The lowest BCUT2D eigenvalue weighted by Gasteiger charge is -2.15. The van der Waals surface area contributed by atoms with Gasteiger partial charge in [-0.2, -0.15) is 4.98 Å². The number of carbonyl (C=O) groups is 1. The number of hydrogen-bond acceptors (Lipinski definition) is 6. The van der Waals surface area contributed by atoms with Crippen LogP contribution < -0.4 is 5.56 Å². The monoisotopic (exact) mass is 318 g/mol. The highest BCUT2D eigenvalue weighted by Crippen LogP contribution is 2.23. The van der Waals surface area contributed by atoms with Crippen LogP contribution in [0.4, 0.5) is 0 Å². The topological polar surface area (TPSA) is 106 Å². The van der Waals surface area contributed by atoms with Crippen molar-refractivity contribution in [3.05, 3.63) is 22.6 Å². The van der Waals surface area contributed by atoms with Crippen LogP contribution >= 0.6 is 11.8 Å². The molecule has 20 heavy (non-hydrogen) atoms. The Kier molecular flexibility index (Phi) is 4.48. The Hall–Kier alpha value is -1.35. The number of sulfone groups is 1. The molecular formula is C11H14N2O5S2. The highest BCUT2D eigenvalue weighted by Gasteiger charge is 2.31. The van der Waals surface area contributed by atoms with Crippen molar-refractivity contribution in [2.24, 2.45) is 0 Å². The van der Waals surface area contributed by atoms with E-state index in [1.54, 1.807) is 4.57 Å². The molecule has 1 aliphatic rings. The van der Waals surface area contributed by atoms with Crippen LogP contribution in [-0.2, 0) is 21.2 Å². The molecule has 0 aromatic carbocycles. The maximum Gasteiger partial charge on any atom is 0.313 e. The molecule has 1 N–H and O–H groups in total. The van der Waals surface area contributed by atoms with Gasteiger partial charge >= 0.3 is 5.97 Å². The van der Waals surface area contributed by atoms with Crippen molar-refractivity contribution in [1.29, 1.82) is 0 Å². The first-order valence-corrected chi connectivity index (χ1v) is 8.72. The lowest BCUT2D eigenvalue weighted by atomic mass is 10.2. The zero-order valence-electron chi connectivity index (χ0n) is 10.6. The highest BCUT2D eigenvalue weighted by molar-refractivity contribution is 7.99. The predicted molar refractivity (Wildman–Crippen MR) is 73.7 cm³/mol. The van der Waals surface area contributed by atoms with Crippen LogP contribution in [0, 0.1) is 0 Å². The Bertz CT molecular complexity index is 668. The maximum atomic E-state index is 11.8. The van der Waals surface area contributed by atoms with E-state index in [0.29, 0.717) is 12.8 Å². The molecule has 0 spiro atoms. The van der Waals surface area contributed by atoms with Gasteiger partial charge in [0.05, 0.1) is 16.8 Å². The van der Waals surface area contributed by atoms with E-state index in [2.05, 4.69) is 4.98 Å². The van der Waals surface area contributed by atoms with E-state index in [9.17, 15) is 18.0 Å². The van der Waals surface area contributed by atoms with E-state index in [-0.39, 0.29) is 23.2 Å². The first-order chi connectivity index (χ1) is 9.38. The number of rotatable bonds is 5. The molecule has 7 nitrogen and oxygen atoms in total. The molecular weight excluding hydrogens is 304 g/mol. The number of nitrogens with zero attached hydrogens (tertiary/aromatic N) is 2. The number of thioether (sulfide) groups is 1. The van der Waals surface area contributed by atoms with Crippen LogP contribution in [0.1, 0.15) is 12.8 Å². The van der Waals surface area contributed by atoms with Crippen molar-refractivity contribution < 1.29 is 18.3 Å². The summed E-state index contributed by atoms with van der Waals surface area (Å²) in [6.45, 7) is 0.206. The van der Waals surface area contributed by atoms with Gasteiger partial charge in [0.25, 0.3) is 5.56 Å². The molecule has 2 rings (SSSR count). The van der Waals surface area contributed by atoms with E-state index < -0.39 is 26.6 Å². The van der Waals surface area contributed by atoms with Crippen LogP contribution in [0.3, 0.4) is 0 Å². The molecule has 0 radical (unpaired) electrons. The summed E-state index contributed by atoms with van der Waals surface area (Å²) in [5.41, 5.74) is -0.469. The third-order valence-electron chi connectivity index (χ3n) is 3.04. The molecule has 1 aromatic rings. The van der Waals surface area contributed by atoms with Gasteiger partial charge in [0.15, 0.2) is 15.0 Å². The largest absolute Gasteiger partial charge is 0.481 e. The van der Waals surface area contributed by atoms with Crippen molar-refractivity contribution in [3.8, 4) is 0 Å². The smallest absolute Gasteiger partial charge is 0.313 e. The molecule has 0 aliphatic carbocycles. The normalized spacial score (nSPS) is 20.9. The molecule has 9 heteroatoms. The maximum absolute atomic E-state index is 11.8. The summed E-state index contributed by atoms with van der Waals surface area (Å²) in [4.78, 5) is 25.6. The fourth-order valence-electron chi connectivity index (χ4n) is 2.08. The van der Waals surface area contributed by atoms with E-state index in [1.807, 2.05) is 0 Å². The molecule has 1 saturated heterocycles. The lowest BCUT2D eigenvalue weighted by molar-refractivity contribution is -0.133. The Balaban J connectivity index is 2.22. The summed E-state index contributed by atoms with van der Waals surface area (Å²) in [7, 11) is -3.10. The summed E-state index contributed by atoms with van der Waals surface area (Å²) < 4.78 is 25.2. The second-order valence-corrected chi connectivity index (χ2v) is 7.86. The fraction of sp³-hybridized carbons (Fsp3) is 0.545. The van der Waals surface area contributed by atoms with Gasteiger partial charge < -0.3 is 9.67 Å². The van der Waals surface area contributed by atoms with Crippen LogP contribution in [0.5, 0.6) is 0 Å². The van der Waals surface area contributed by atoms with Crippen molar-refractivity contribution in [2.75, 3.05) is 11.5 Å². The number of aliphatic carboxylic acids is 1. The molecule has 1 atom stereocenters. The fourth-order valence-corrected chi connectivity index (χ4v) is 4.60. The first-order valence-electron chi connectivity index (χ1n) is 6.02. The zero-order chi connectivity index (χ0) is 14.8. The molecule has 1 unspecified atom stereocenters.